The molecule has 0 fully saturated rings. The molecule has 2 aliphatic rings. The first-order chi connectivity index (χ1) is 9.86. The zero-order valence-electron chi connectivity index (χ0n) is 11.6. The second-order valence-electron chi connectivity index (χ2n) is 4.32. The minimum Gasteiger partial charge on any atom is -0.289 e. The number of benzene rings is 1. The molecule has 0 saturated heterocycles. The summed E-state index contributed by atoms with van der Waals surface area (Å²) in [7, 11) is 0. The van der Waals surface area contributed by atoms with Crippen molar-refractivity contribution in [3.8, 4) is 0 Å². The van der Waals surface area contributed by atoms with Gasteiger partial charge >= 0.3 is 17.1 Å². The summed E-state index contributed by atoms with van der Waals surface area (Å²) in [5.74, 6) is 0.0387. The van der Waals surface area contributed by atoms with E-state index in [0.717, 1.165) is 24.0 Å². The molecule has 0 heterocycles. The third-order valence-electron chi connectivity index (χ3n) is 2.80. The van der Waals surface area contributed by atoms with Gasteiger partial charge < -0.3 is 0 Å². The van der Waals surface area contributed by atoms with Crippen molar-refractivity contribution in [2.24, 2.45) is 0 Å². The average molecular weight is 316 g/mol. The molecule has 0 amide bonds. The van der Waals surface area contributed by atoms with Crippen molar-refractivity contribution in [1.82, 2.24) is 0 Å². The zero-order valence-corrected chi connectivity index (χ0v) is 12.7. The molecule has 0 unspecified atom stereocenters. The summed E-state index contributed by atoms with van der Waals surface area (Å²) in [6, 6.07) is 9.26. The van der Waals surface area contributed by atoms with Gasteiger partial charge in [0.1, 0.15) is 0 Å². The molecule has 1 aromatic carbocycles. The summed E-state index contributed by atoms with van der Waals surface area (Å²) in [6.07, 6.45) is 21.3. The predicted molar refractivity (Wildman–Crippen MR) is 82.0 cm³/mol. The Balaban J connectivity index is 0.000000313. The summed E-state index contributed by atoms with van der Waals surface area (Å²) in [6.45, 7) is 0. The fraction of sp³-hybridized carbons (Fsp3) is 0.105. The van der Waals surface area contributed by atoms with E-state index in [2.05, 4.69) is 18.2 Å². The monoisotopic (exact) mass is 316 g/mol. The predicted octanol–water partition coefficient (Wildman–Crippen LogP) is 4.42. The van der Waals surface area contributed by atoms with Crippen molar-refractivity contribution < 1.29 is 21.9 Å². The van der Waals surface area contributed by atoms with Gasteiger partial charge in [0.15, 0.2) is 5.78 Å². The molecule has 106 valence electrons. The molecule has 0 bridgehead atoms. The van der Waals surface area contributed by atoms with Crippen LogP contribution in [-0.4, -0.2) is 5.78 Å². The van der Waals surface area contributed by atoms with Crippen molar-refractivity contribution in [2.75, 3.05) is 0 Å². The largest absolute Gasteiger partial charge is 2.00 e. The number of carbonyl (C=O) groups is 1. The summed E-state index contributed by atoms with van der Waals surface area (Å²) >= 11 is 0. The van der Waals surface area contributed by atoms with Crippen LogP contribution in [0.2, 0.25) is 0 Å². The molecule has 0 saturated carbocycles. The van der Waals surface area contributed by atoms with Crippen LogP contribution in [0.4, 0.5) is 0 Å². The fourth-order valence-electron chi connectivity index (χ4n) is 1.74. The van der Waals surface area contributed by atoms with Crippen molar-refractivity contribution in [3.63, 3.8) is 0 Å². The second kappa shape index (κ2) is 9.93. The van der Waals surface area contributed by atoms with Crippen LogP contribution < -0.4 is 0 Å². The normalized spacial score (nSPS) is 14.6. The standard InChI is InChI=1S/C14H11O.C5H5.Fe/c15-14(13-8-2-1-3-9-13)11-10-12-6-4-5-7-12;1-2-4-5-3-1;/h1-3,6-11H,4H2;1-3H,4H2;/q2*-1;+2/b11-10+;;. The van der Waals surface area contributed by atoms with E-state index in [1.807, 2.05) is 60.7 Å². The average Bonchev–Trinajstić information content (AvgIpc) is 3.21. The molecule has 1 nitrogen and oxygen atoms in total. The van der Waals surface area contributed by atoms with Crippen LogP contribution in [-0.2, 0) is 17.1 Å². The maximum absolute atomic E-state index is 11.7. The van der Waals surface area contributed by atoms with E-state index in [1.165, 1.54) is 0 Å². The van der Waals surface area contributed by atoms with Gasteiger partial charge in [-0.3, -0.25) is 16.9 Å². The maximum Gasteiger partial charge on any atom is 2.00 e. The topological polar surface area (TPSA) is 17.1 Å². The number of carbonyl (C=O) groups excluding carboxylic acids is 1. The van der Waals surface area contributed by atoms with Crippen molar-refractivity contribution in [2.45, 2.75) is 12.8 Å². The van der Waals surface area contributed by atoms with E-state index in [0.29, 0.717) is 0 Å². The van der Waals surface area contributed by atoms with Crippen molar-refractivity contribution >= 4 is 5.78 Å². The van der Waals surface area contributed by atoms with Gasteiger partial charge in [0.05, 0.1) is 0 Å². The first kappa shape index (κ1) is 17.2. The Labute approximate surface area is 136 Å². The van der Waals surface area contributed by atoms with E-state index in [4.69, 9.17) is 0 Å². The molecule has 21 heavy (non-hydrogen) atoms. The van der Waals surface area contributed by atoms with E-state index in [9.17, 15) is 4.79 Å². The third kappa shape index (κ3) is 6.39. The van der Waals surface area contributed by atoms with Gasteiger partial charge in [-0.1, -0.05) is 30.3 Å². The molecule has 0 aliphatic heterocycles. The third-order valence-corrected chi connectivity index (χ3v) is 2.80. The Morgan fingerprint density at radius 3 is 2.43 bits per heavy atom. The molecule has 2 heteroatoms. The Bertz CT molecular complexity index is 579. The molecule has 3 rings (SSSR count). The number of rotatable bonds is 3. The van der Waals surface area contributed by atoms with Gasteiger partial charge in [-0.05, 0) is 6.08 Å². The van der Waals surface area contributed by atoms with Gasteiger partial charge in [-0.15, -0.1) is 18.9 Å². The molecule has 0 N–H and O–H groups in total. The molecule has 0 atom stereocenters. The quantitative estimate of drug-likeness (QED) is 0.349. The van der Waals surface area contributed by atoms with Crippen LogP contribution in [0.25, 0.3) is 0 Å². The van der Waals surface area contributed by atoms with Gasteiger partial charge in [0, 0.05) is 5.56 Å². The Morgan fingerprint density at radius 2 is 1.90 bits per heavy atom. The van der Waals surface area contributed by atoms with Gasteiger partial charge in [-0.25, -0.2) is 18.2 Å². The van der Waals surface area contributed by atoms with Gasteiger partial charge in [0.2, 0.25) is 0 Å². The van der Waals surface area contributed by atoms with Crippen LogP contribution in [0.3, 0.4) is 0 Å². The smallest absolute Gasteiger partial charge is 0.289 e. The minimum absolute atomic E-state index is 0. The summed E-state index contributed by atoms with van der Waals surface area (Å²) in [5, 5.41) is 0. The SMILES string of the molecule is O=C(/C=C/C1=CC[C-]=C1)c1ccccc1.[C-]1=CC=CC1.[Fe+2]. The summed E-state index contributed by atoms with van der Waals surface area (Å²) < 4.78 is 0. The minimum atomic E-state index is 0. The van der Waals surface area contributed by atoms with Crippen LogP contribution in [0.5, 0.6) is 0 Å². The Hall–Kier alpha value is -1.89. The molecule has 0 spiro atoms. The van der Waals surface area contributed by atoms with Gasteiger partial charge in [-0.2, -0.15) is 17.7 Å². The van der Waals surface area contributed by atoms with E-state index >= 15 is 0 Å². The number of allylic oxidation sites excluding steroid dienone is 10. The van der Waals surface area contributed by atoms with Gasteiger partial charge in [0.25, 0.3) is 0 Å². The van der Waals surface area contributed by atoms with Crippen LogP contribution in [0, 0.1) is 12.2 Å². The zero-order chi connectivity index (χ0) is 14.0. The van der Waals surface area contributed by atoms with Crippen LogP contribution in [0.15, 0.2) is 78.4 Å². The van der Waals surface area contributed by atoms with Crippen LogP contribution >= 0.6 is 0 Å². The van der Waals surface area contributed by atoms with E-state index in [-0.39, 0.29) is 22.9 Å². The Kier molecular flexibility index (Phi) is 8.11. The maximum atomic E-state index is 11.7. The summed E-state index contributed by atoms with van der Waals surface area (Å²) in [4.78, 5) is 11.7. The summed E-state index contributed by atoms with van der Waals surface area (Å²) in [5.41, 5.74) is 1.78. The number of hydrogen-bond acceptors (Lipinski definition) is 1. The molecule has 0 radical (unpaired) electrons. The molecule has 0 aromatic heterocycles. The van der Waals surface area contributed by atoms with Crippen molar-refractivity contribution in [1.29, 1.82) is 0 Å². The molecule has 1 aromatic rings. The van der Waals surface area contributed by atoms with Crippen LogP contribution in [0.1, 0.15) is 23.2 Å². The molecular formula is C19H16FeO. The van der Waals surface area contributed by atoms with Crippen molar-refractivity contribution in [3.05, 3.63) is 96.2 Å². The number of ketones is 1. The Morgan fingerprint density at radius 1 is 1.10 bits per heavy atom. The van der Waals surface area contributed by atoms with E-state index < -0.39 is 0 Å². The second-order valence-corrected chi connectivity index (χ2v) is 4.32. The molecule has 2 aliphatic carbocycles. The first-order valence-corrected chi connectivity index (χ1v) is 6.62. The van der Waals surface area contributed by atoms with E-state index in [1.54, 1.807) is 6.08 Å². The molecular weight excluding hydrogens is 300 g/mol. The first-order valence-electron chi connectivity index (χ1n) is 6.62. The fourth-order valence-corrected chi connectivity index (χ4v) is 1.74. The number of hydrogen-bond donors (Lipinski definition) is 0.